The first kappa shape index (κ1) is 16.2. The molecule has 2 rings (SSSR count). The Hall–Kier alpha value is -1.14. The van der Waals surface area contributed by atoms with E-state index in [0.29, 0.717) is 10.7 Å². The van der Waals surface area contributed by atoms with E-state index in [1.165, 1.54) is 31.3 Å². The second-order valence-corrected chi connectivity index (χ2v) is 7.47. The van der Waals surface area contributed by atoms with Gasteiger partial charge >= 0.3 is 0 Å². The first-order valence-electron chi connectivity index (χ1n) is 5.72. The molecule has 0 aliphatic rings. The molecule has 0 atom stereocenters. The van der Waals surface area contributed by atoms with E-state index >= 15 is 0 Å². The zero-order valence-corrected chi connectivity index (χ0v) is 13.9. The number of sulfonamides is 1. The Balaban J connectivity index is 2.52. The maximum absolute atomic E-state index is 12.6. The number of hydrogen-bond donors (Lipinski definition) is 1. The molecule has 2 aromatic rings. The van der Waals surface area contributed by atoms with E-state index < -0.39 is 10.0 Å². The minimum Gasteiger partial charge on any atom is -0.397 e. The van der Waals surface area contributed by atoms with Crippen molar-refractivity contribution in [3.63, 3.8) is 0 Å². The molecule has 0 heterocycles. The highest BCUT2D eigenvalue weighted by Crippen LogP contribution is 2.32. The lowest BCUT2D eigenvalue weighted by atomic mass is 10.3. The van der Waals surface area contributed by atoms with Crippen LogP contribution in [0.1, 0.15) is 0 Å². The monoisotopic (exact) mass is 364 g/mol. The molecule has 21 heavy (non-hydrogen) atoms. The molecule has 0 saturated carbocycles. The summed E-state index contributed by atoms with van der Waals surface area (Å²) in [5.41, 5.74) is 6.39. The topological polar surface area (TPSA) is 63.4 Å². The van der Waals surface area contributed by atoms with Crippen LogP contribution in [0.3, 0.4) is 0 Å². The van der Waals surface area contributed by atoms with Crippen molar-refractivity contribution in [2.75, 3.05) is 17.1 Å². The van der Waals surface area contributed by atoms with Crippen LogP contribution in [-0.2, 0) is 10.0 Å². The molecule has 0 fully saturated rings. The fourth-order valence-electron chi connectivity index (χ4n) is 1.71. The number of benzene rings is 2. The SMILES string of the molecule is CN(c1cc(Cl)ccc1N)S(=O)(=O)c1ccc(Cl)c(Cl)c1. The summed E-state index contributed by atoms with van der Waals surface area (Å²) in [4.78, 5) is 0.0128. The minimum absolute atomic E-state index is 0.0128. The molecule has 2 N–H and O–H groups in total. The van der Waals surface area contributed by atoms with E-state index in [4.69, 9.17) is 40.5 Å². The summed E-state index contributed by atoms with van der Waals surface area (Å²) in [5, 5.41) is 0.820. The van der Waals surface area contributed by atoms with Gasteiger partial charge in [0.1, 0.15) is 0 Å². The van der Waals surface area contributed by atoms with Crippen LogP contribution in [0.25, 0.3) is 0 Å². The van der Waals surface area contributed by atoms with Crippen LogP contribution < -0.4 is 10.0 Å². The van der Waals surface area contributed by atoms with Gasteiger partial charge in [-0.25, -0.2) is 8.42 Å². The average Bonchev–Trinajstić information content (AvgIpc) is 2.43. The molecule has 0 aliphatic carbocycles. The van der Waals surface area contributed by atoms with Crippen LogP contribution in [0.5, 0.6) is 0 Å². The number of rotatable bonds is 3. The van der Waals surface area contributed by atoms with Gasteiger partial charge in [0.15, 0.2) is 0 Å². The summed E-state index contributed by atoms with van der Waals surface area (Å²) in [5.74, 6) is 0. The number of anilines is 2. The van der Waals surface area contributed by atoms with E-state index in [1.807, 2.05) is 0 Å². The second kappa shape index (κ2) is 5.93. The molecule has 112 valence electrons. The van der Waals surface area contributed by atoms with Crippen LogP contribution in [-0.4, -0.2) is 15.5 Å². The first-order valence-corrected chi connectivity index (χ1v) is 8.30. The molecule has 0 unspecified atom stereocenters. The first-order chi connectivity index (χ1) is 9.73. The van der Waals surface area contributed by atoms with Crippen molar-refractivity contribution in [2.45, 2.75) is 4.90 Å². The van der Waals surface area contributed by atoms with Crippen molar-refractivity contribution in [1.82, 2.24) is 0 Å². The molecule has 2 aromatic carbocycles. The van der Waals surface area contributed by atoms with Crippen molar-refractivity contribution >= 4 is 56.2 Å². The number of hydrogen-bond acceptors (Lipinski definition) is 3. The predicted molar refractivity (Wildman–Crippen MR) is 87.9 cm³/mol. The van der Waals surface area contributed by atoms with E-state index in [0.717, 1.165) is 4.31 Å². The van der Waals surface area contributed by atoms with Crippen molar-refractivity contribution in [1.29, 1.82) is 0 Å². The summed E-state index contributed by atoms with van der Waals surface area (Å²) in [7, 11) is -2.43. The van der Waals surface area contributed by atoms with Gasteiger partial charge in [0, 0.05) is 12.1 Å². The zero-order chi connectivity index (χ0) is 15.8. The lowest BCUT2D eigenvalue weighted by molar-refractivity contribution is 0.594. The summed E-state index contributed by atoms with van der Waals surface area (Å²) in [6, 6.07) is 8.69. The highest BCUT2D eigenvalue weighted by Gasteiger charge is 2.23. The highest BCUT2D eigenvalue weighted by molar-refractivity contribution is 7.92. The van der Waals surface area contributed by atoms with Gasteiger partial charge in [-0.2, -0.15) is 0 Å². The van der Waals surface area contributed by atoms with Gasteiger partial charge in [0.25, 0.3) is 10.0 Å². The van der Waals surface area contributed by atoms with Crippen LogP contribution in [0.15, 0.2) is 41.3 Å². The fourth-order valence-corrected chi connectivity index (χ4v) is 3.48. The van der Waals surface area contributed by atoms with Gasteiger partial charge in [0.2, 0.25) is 0 Å². The van der Waals surface area contributed by atoms with Gasteiger partial charge in [-0.3, -0.25) is 4.31 Å². The summed E-state index contributed by atoms with van der Waals surface area (Å²) in [6.45, 7) is 0. The van der Waals surface area contributed by atoms with Crippen molar-refractivity contribution in [2.24, 2.45) is 0 Å². The molecule has 0 spiro atoms. The lowest BCUT2D eigenvalue weighted by Crippen LogP contribution is -2.27. The van der Waals surface area contributed by atoms with E-state index in [-0.39, 0.29) is 20.6 Å². The van der Waals surface area contributed by atoms with E-state index in [2.05, 4.69) is 0 Å². The van der Waals surface area contributed by atoms with Gasteiger partial charge in [-0.05, 0) is 36.4 Å². The Morgan fingerprint density at radius 1 is 1.00 bits per heavy atom. The van der Waals surface area contributed by atoms with E-state index in [1.54, 1.807) is 12.1 Å². The molecule has 0 saturated heterocycles. The summed E-state index contributed by atoms with van der Waals surface area (Å²) >= 11 is 17.5. The Kier molecular flexibility index (Phi) is 4.58. The zero-order valence-electron chi connectivity index (χ0n) is 10.8. The largest absolute Gasteiger partial charge is 0.397 e. The number of nitrogens with two attached hydrogens (primary N) is 1. The fraction of sp³-hybridized carbons (Fsp3) is 0.0769. The number of nitrogen functional groups attached to an aromatic ring is 1. The van der Waals surface area contributed by atoms with Crippen LogP contribution in [0.2, 0.25) is 15.1 Å². The molecular weight excluding hydrogens is 355 g/mol. The lowest BCUT2D eigenvalue weighted by Gasteiger charge is -2.21. The molecular formula is C13H11Cl3N2O2S. The molecule has 0 aromatic heterocycles. The smallest absolute Gasteiger partial charge is 0.264 e. The molecule has 0 radical (unpaired) electrons. The highest BCUT2D eigenvalue weighted by atomic mass is 35.5. The Morgan fingerprint density at radius 3 is 2.29 bits per heavy atom. The van der Waals surface area contributed by atoms with Crippen LogP contribution in [0.4, 0.5) is 11.4 Å². The Bertz CT molecular complexity index is 794. The maximum Gasteiger partial charge on any atom is 0.264 e. The van der Waals surface area contributed by atoms with Crippen LogP contribution >= 0.6 is 34.8 Å². The third-order valence-electron chi connectivity index (χ3n) is 2.88. The van der Waals surface area contributed by atoms with E-state index in [9.17, 15) is 8.42 Å². The molecule has 0 amide bonds. The van der Waals surface area contributed by atoms with Gasteiger partial charge < -0.3 is 5.73 Å². The van der Waals surface area contributed by atoms with Gasteiger partial charge in [0.05, 0.1) is 26.3 Å². The van der Waals surface area contributed by atoms with Crippen molar-refractivity contribution in [3.8, 4) is 0 Å². The third kappa shape index (κ3) is 3.21. The number of nitrogens with zero attached hydrogens (tertiary/aromatic N) is 1. The normalized spacial score (nSPS) is 11.4. The summed E-state index contributed by atoms with van der Waals surface area (Å²) < 4.78 is 26.2. The third-order valence-corrected chi connectivity index (χ3v) is 5.62. The maximum atomic E-state index is 12.6. The standard InChI is InChI=1S/C13H11Cl3N2O2S/c1-18(13-6-8(14)2-5-12(13)17)21(19,20)9-3-4-10(15)11(16)7-9/h2-7H,17H2,1H3. The quantitative estimate of drug-likeness (QED) is 0.834. The van der Waals surface area contributed by atoms with Crippen LogP contribution in [0, 0.1) is 0 Å². The predicted octanol–water partition coefficient (Wildman–Crippen LogP) is 4.05. The summed E-state index contributed by atoms with van der Waals surface area (Å²) in [6.07, 6.45) is 0. The van der Waals surface area contributed by atoms with Crippen molar-refractivity contribution < 1.29 is 8.42 Å². The average molecular weight is 366 g/mol. The number of halogens is 3. The Morgan fingerprint density at radius 2 is 1.67 bits per heavy atom. The molecule has 4 nitrogen and oxygen atoms in total. The van der Waals surface area contributed by atoms with Gasteiger partial charge in [-0.1, -0.05) is 34.8 Å². The second-order valence-electron chi connectivity index (χ2n) is 4.25. The molecule has 0 bridgehead atoms. The minimum atomic E-state index is -3.82. The molecule has 0 aliphatic heterocycles. The molecule has 8 heteroatoms. The Labute approximate surface area is 138 Å². The van der Waals surface area contributed by atoms with Gasteiger partial charge in [-0.15, -0.1) is 0 Å². The van der Waals surface area contributed by atoms with Crippen molar-refractivity contribution in [3.05, 3.63) is 51.5 Å².